The van der Waals surface area contributed by atoms with Gasteiger partial charge in [-0.15, -0.1) is 0 Å². The molecular weight excluding hydrogens is 240 g/mol. The number of hydrogen-bond donors (Lipinski definition) is 2. The Hall–Kier alpha value is -0.800. The first-order valence-corrected chi connectivity index (χ1v) is 5.48. The van der Waals surface area contributed by atoms with Gasteiger partial charge in [0.2, 0.25) is 0 Å². The lowest BCUT2D eigenvalue weighted by atomic mass is 10.2. The fourth-order valence-corrected chi connectivity index (χ4v) is 2.29. The SMILES string of the molecule is Cc1ccc2c(Br)c(CCN)[nH]c2c1. The van der Waals surface area contributed by atoms with Crippen LogP contribution in [-0.2, 0) is 6.42 Å². The number of aryl methyl sites for hydroxylation is 1. The smallest absolute Gasteiger partial charge is 0.0470 e. The molecule has 0 spiro atoms. The molecule has 0 saturated heterocycles. The second kappa shape index (κ2) is 3.75. The first-order valence-electron chi connectivity index (χ1n) is 4.69. The van der Waals surface area contributed by atoms with Gasteiger partial charge in [-0.1, -0.05) is 12.1 Å². The molecule has 0 aliphatic heterocycles. The highest BCUT2D eigenvalue weighted by Gasteiger charge is 2.07. The minimum Gasteiger partial charge on any atom is -0.357 e. The predicted molar refractivity (Wildman–Crippen MR) is 63.5 cm³/mol. The molecule has 0 fully saturated rings. The van der Waals surface area contributed by atoms with Gasteiger partial charge in [0.15, 0.2) is 0 Å². The molecule has 0 unspecified atom stereocenters. The summed E-state index contributed by atoms with van der Waals surface area (Å²) in [6, 6.07) is 6.40. The van der Waals surface area contributed by atoms with E-state index in [1.165, 1.54) is 22.2 Å². The molecule has 2 nitrogen and oxygen atoms in total. The third kappa shape index (κ3) is 1.57. The summed E-state index contributed by atoms with van der Waals surface area (Å²) in [4.78, 5) is 3.38. The first kappa shape index (κ1) is 9.74. The summed E-state index contributed by atoms with van der Waals surface area (Å²) in [6.45, 7) is 2.77. The van der Waals surface area contributed by atoms with Gasteiger partial charge in [0, 0.05) is 27.5 Å². The number of halogens is 1. The van der Waals surface area contributed by atoms with Gasteiger partial charge in [0.05, 0.1) is 0 Å². The number of aromatic amines is 1. The van der Waals surface area contributed by atoms with Crippen molar-refractivity contribution in [3.63, 3.8) is 0 Å². The van der Waals surface area contributed by atoms with Crippen LogP contribution in [0.2, 0.25) is 0 Å². The van der Waals surface area contributed by atoms with Crippen molar-refractivity contribution in [1.29, 1.82) is 0 Å². The zero-order valence-electron chi connectivity index (χ0n) is 8.10. The van der Waals surface area contributed by atoms with E-state index in [2.05, 4.69) is 46.0 Å². The summed E-state index contributed by atoms with van der Waals surface area (Å²) >= 11 is 3.59. The lowest BCUT2D eigenvalue weighted by Gasteiger charge is -1.93. The van der Waals surface area contributed by atoms with Crippen LogP contribution >= 0.6 is 15.9 Å². The van der Waals surface area contributed by atoms with Gasteiger partial charge < -0.3 is 10.7 Å². The van der Waals surface area contributed by atoms with Crippen molar-refractivity contribution in [2.75, 3.05) is 6.54 Å². The van der Waals surface area contributed by atoms with Crippen LogP contribution in [-0.4, -0.2) is 11.5 Å². The maximum atomic E-state index is 5.54. The van der Waals surface area contributed by atoms with Crippen LogP contribution in [0.15, 0.2) is 22.7 Å². The van der Waals surface area contributed by atoms with Crippen LogP contribution in [0.25, 0.3) is 10.9 Å². The summed E-state index contributed by atoms with van der Waals surface area (Å²) in [5.74, 6) is 0. The summed E-state index contributed by atoms with van der Waals surface area (Å²) in [6.07, 6.45) is 0.883. The topological polar surface area (TPSA) is 41.8 Å². The number of hydrogen-bond acceptors (Lipinski definition) is 1. The lowest BCUT2D eigenvalue weighted by Crippen LogP contribution is -2.03. The maximum Gasteiger partial charge on any atom is 0.0470 e. The van der Waals surface area contributed by atoms with Crippen molar-refractivity contribution >= 4 is 26.8 Å². The Morgan fingerprint density at radius 3 is 2.93 bits per heavy atom. The van der Waals surface area contributed by atoms with Crippen molar-refractivity contribution in [3.05, 3.63) is 33.9 Å². The average molecular weight is 253 g/mol. The Balaban J connectivity index is 2.61. The van der Waals surface area contributed by atoms with E-state index < -0.39 is 0 Å². The van der Waals surface area contributed by atoms with E-state index in [1.807, 2.05) is 0 Å². The number of fused-ring (bicyclic) bond motifs is 1. The molecule has 2 rings (SSSR count). The van der Waals surface area contributed by atoms with Gasteiger partial charge in [-0.2, -0.15) is 0 Å². The van der Waals surface area contributed by atoms with E-state index in [9.17, 15) is 0 Å². The van der Waals surface area contributed by atoms with Crippen LogP contribution in [0.1, 0.15) is 11.3 Å². The molecule has 14 heavy (non-hydrogen) atoms. The van der Waals surface area contributed by atoms with Crippen molar-refractivity contribution < 1.29 is 0 Å². The van der Waals surface area contributed by atoms with E-state index in [0.717, 1.165) is 10.9 Å². The molecule has 3 heteroatoms. The van der Waals surface area contributed by atoms with Gasteiger partial charge in [0.1, 0.15) is 0 Å². The Morgan fingerprint density at radius 1 is 1.43 bits per heavy atom. The quantitative estimate of drug-likeness (QED) is 0.848. The summed E-state index contributed by atoms with van der Waals surface area (Å²) in [7, 11) is 0. The zero-order chi connectivity index (χ0) is 10.1. The van der Waals surface area contributed by atoms with Gasteiger partial charge in [-0.05, 0) is 41.0 Å². The molecule has 1 aromatic carbocycles. The fraction of sp³-hybridized carbons (Fsp3) is 0.273. The van der Waals surface area contributed by atoms with Crippen molar-refractivity contribution in [3.8, 4) is 0 Å². The monoisotopic (exact) mass is 252 g/mol. The number of nitrogens with two attached hydrogens (primary N) is 1. The van der Waals surface area contributed by atoms with Gasteiger partial charge in [-0.25, -0.2) is 0 Å². The standard InChI is InChI=1S/C11H13BrN2/c1-7-2-3-8-10(6-7)14-9(4-5-13)11(8)12/h2-3,6,14H,4-5,13H2,1H3. The van der Waals surface area contributed by atoms with Crippen LogP contribution in [0.4, 0.5) is 0 Å². The van der Waals surface area contributed by atoms with Crippen LogP contribution in [0.3, 0.4) is 0 Å². The normalized spacial score (nSPS) is 11.1. The Kier molecular flexibility index (Phi) is 2.61. The van der Waals surface area contributed by atoms with Gasteiger partial charge in [-0.3, -0.25) is 0 Å². The van der Waals surface area contributed by atoms with Crippen molar-refractivity contribution in [2.45, 2.75) is 13.3 Å². The highest BCUT2D eigenvalue weighted by atomic mass is 79.9. The molecule has 1 heterocycles. The van der Waals surface area contributed by atoms with Crippen molar-refractivity contribution in [1.82, 2.24) is 4.98 Å². The number of nitrogens with one attached hydrogen (secondary N) is 1. The third-order valence-electron chi connectivity index (χ3n) is 2.36. The van der Waals surface area contributed by atoms with Gasteiger partial charge in [0.25, 0.3) is 0 Å². The molecular formula is C11H13BrN2. The molecule has 74 valence electrons. The van der Waals surface area contributed by atoms with E-state index >= 15 is 0 Å². The second-order valence-electron chi connectivity index (χ2n) is 3.51. The molecule has 0 saturated carbocycles. The molecule has 2 aromatic rings. The molecule has 0 aliphatic carbocycles. The fourth-order valence-electron chi connectivity index (χ4n) is 1.65. The second-order valence-corrected chi connectivity index (χ2v) is 4.30. The van der Waals surface area contributed by atoms with Crippen LogP contribution in [0, 0.1) is 6.92 Å². The van der Waals surface area contributed by atoms with Crippen LogP contribution < -0.4 is 5.73 Å². The number of rotatable bonds is 2. The molecule has 3 N–H and O–H groups in total. The Morgan fingerprint density at radius 2 is 2.21 bits per heavy atom. The lowest BCUT2D eigenvalue weighted by molar-refractivity contribution is 0.934. The van der Waals surface area contributed by atoms with Crippen molar-refractivity contribution in [2.24, 2.45) is 5.73 Å². The minimum atomic E-state index is 0.671. The molecule has 0 radical (unpaired) electrons. The highest BCUT2D eigenvalue weighted by molar-refractivity contribution is 9.10. The first-order chi connectivity index (χ1) is 6.72. The molecule has 0 atom stereocenters. The highest BCUT2D eigenvalue weighted by Crippen LogP contribution is 2.28. The molecule has 0 bridgehead atoms. The summed E-state index contributed by atoms with van der Waals surface area (Å²) in [5, 5.41) is 1.24. The predicted octanol–water partition coefficient (Wildman–Crippen LogP) is 2.74. The average Bonchev–Trinajstić information content (AvgIpc) is 2.44. The summed E-state index contributed by atoms with van der Waals surface area (Å²) < 4.78 is 1.15. The van der Waals surface area contributed by atoms with E-state index in [-0.39, 0.29) is 0 Å². The molecule has 1 aromatic heterocycles. The zero-order valence-corrected chi connectivity index (χ0v) is 9.69. The Bertz CT molecular complexity index is 460. The number of aromatic nitrogens is 1. The number of H-pyrrole nitrogens is 1. The van der Waals surface area contributed by atoms with Crippen LogP contribution in [0.5, 0.6) is 0 Å². The maximum absolute atomic E-state index is 5.54. The molecule has 0 aliphatic rings. The Labute approximate surface area is 91.6 Å². The van der Waals surface area contributed by atoms with Gasteiger partial charge >= 0.3 is 0 Å². The molecule has 0 amide bonds. The van der Waals surface area contributed by atoms with E-state index in [1.54, 1.807) is 0 Å². The van der Waals surface area contributed by atoms with E-state index in [4.69, 9.17) is 5.73 Å². The third-order valence-corrected chi connectivity index (χ3v) is 3.26. The summed E-state index contributed by atoms with van der Waals surface area (Å²) in [5.41, 5.74) is 9.18. The minimum absolute atomic E-state index is 0.671. The van der Waals surface area contributed by atoms with E-state index in [0.29, 0.717) is 6.54 Å². The largest absolute Gasteiger partial charge is 0.357 e. The number of benzene rings is 1.